The molecule has 0 spiro atoms. The first-order chi connectivity index (χ1) is 10.2. The lowest BCUT2D eigenvalue weighted by Gasteiger charge is -2.15. The summed E-state index contributed by atoms with van der Waals surface area (Å²) >= 11 is 5.81. The van der Waals surface area contributed by atoms with Gasteiger partial charge in [-0.25, -0.2) is 0 Å². The summed E-state index contributed by atoms with van der Waals surface area (Å²) < 4.78 is 5.52. The molecule has 4 heteroatoms. The Kier molecular flexibility index (Phi) is 5.90. The van der Waals surface area contributed by atoms with Gasteiger partial charge in [-0.2, -0.15) is 0 Å². The van der Waals surface area contributed by atoms with E-state index >= 15 is 0 Å². The van der Waals surface area contributed by atoms with Crippen molar-refractivity contribution in [3.63, 3.8) is 0 Å². The van der Waals surface area contributed by atoms with E-state index in [9.17, 15) is 5.11 Å². The Morgan fingerprint density at radius 2 is 1.86 bits per heavy atom. The van der Waals surface area contributed by atoms with Crippen molar-refractivity contribution in [1.29, 1.82) is 0 Å². The smallest absolute Gasteiger partial charge is 0.119 e. The standard InChI is InChI=1S/C17H20ClNO2/c1-2-13-5-3-4-6-17(13)19-11-15(20)12-21-16-9-7-14(18)8-10-16/h3-10,15,19-20H,2,11-12H2,1H3. The molecule has 21 heavy (non-hydrogen) atoms. The second-order valence-corrected chi connectivity index (χ2v) is 5.25. The number of nitrogens with one attached hydrogen (secondary N) is 1. The van der Waals surface area contributed by atoms with Crippen molar-refractivity contribution in [2.24, 2.45) is 0 Å². The normalized spacial score (nSPS) is 12.0. The topological polar surface area (TPSA) is 41.5 Å². The molecule has 2 N–H and O–H groups in total. The van der Waals surface area contributed by atoms with Crippen molar-refractivity contribution in [3.05, 3.63) is 59.1 Å². The van der Waals surface area contributed by atoms with Crippen molar-refractivity contribution in [2.75, 3.05) is 18.5 Å². The number of aliphatic hydroxyl groups excluding tert-OH is 1. The van der Waals surface area contributed by atoms with Gasteiger partial charge < -0.3 is 15.2 Å². The summed E-state index contributed by atoms with van der Waals surface area (Å²) in [6.07, 6.45) is 0.381. The van der Waals surface area contributed by atoms with Crippen LogP contribution in [0.15, 0.2) is 48.5 Å². The monoisotopic (exact) mass is 305 g/mol. The summed E-state index contributed by atoms with van der Waals surface area (Å²) in [7, 11) is 0. The average molecular weight is 306 g/mol. The van der Waals surface area contributed by atoms with E-state index in [0.29, 0.717) is 17.3 Å². The third kappa shape index (κ3) is 4.96. The number of halogens is 1. The zero-order chi connectivity index (χ0) is 15.1. The number of ether oxygens (including phenoxy) is 1. The maximum absolute atomic E-state index is 9.98. The highest BCUT2D eigenvalue weighted by molar-refractivity contribution is 6.30. The molecule has 2 rings (SSSR count). The van der Waals surface area contributed by atoms with Gasteiger partial charge in [-0.3, -0.25) is 0 Å². The molecule has 0 aliphatic carbocycles. The first-order valence-corrected chi connectivity index (χ1v) is 7.45. The SMILES string of the molecule is CCc1ccccc1NCC(O)COc1ccc(Cl)cc1. The lowest BCUT2D eigenvalue weighted by Crippen LogP contribution is -2.26. The van der Waals surface area contributed by atoms with Crippen LogP contribution in [0.3, 0.4) is 0 Å². The summed E-state index contributed by atoms with van der Waals surface area (Å²) in [5, 5.41) is 13.9. The van der Waals surface area contributed by atoms with E-state index in [-0.39, 0.29) is 6.61 Å². The lowest BCUT2D eigenvalue weighted by atomic mass is 10.1. The highest BCUT2D eigenvalue weighted by Crippen LogP contribution is 2.17. The van der Waals surface area contributed by atoms with Crippen LogP contribution in [-0.2, 0) is 6.42 Å². The molecule has 0 fully saturated rings. The van der Waals surface area contributed by atoms with E-state index in [1.54, 1.807) is 24.3 Å². The highest BCUT2D eigenvalue weighted by atomic mass is 35.5. The average Bonchev–Trinajstić information content (AvgIpc) is 2.52. The van der Waals surface area contributed by atoms with Gasteiger partial charge in [-0.1, -0.05) is 36.7 Å². The van der Waals surface area contributed by atoms with E-state index in [1.165, 1.54) is 5.56 Å². The minimum Gasteiger partial charge on any atom is -0.491 e. The number of anilines is 1. The third-order valence-corrected chi connectivity index (χ3v) is 3.43. The number of aryl methyl sites for hydroxylation is 1. The molecule has 2 aromatic rings. The summed E-state index contributed by atoms with van der Waals surface area (Å²) in [5.74, 6) is 0.701. The van der Waals surface area contributed by atoms with Crippen molar-refractivity contribution in [2.45, 2.75) is 19.4 Å². The molecule has 0 aliphatic heterocycles. The van der Waals surface area contributed by atoms with E-state index in [1.807, 2.05) is 18.2 Å². The highest BCUT2D eigenvalue weighted by Gasteiger charge is 2.06. The van der Waals surface area contributed by atoms with Crippen LogP contribution >= 0.6 is 11.6 Å². The van der Waals surface area contributed by atoms with Crippen LogP contribution in [0.2, 0.25) is 5.02 Å². The molecule has 0 heterocycles. The van der Waals surface area contributed by atoms with Crippen molar-refractivity contribution >= 4 is 17.3 Å². The van der Waals surface area contributed by atoms with Gasteiger partial charge in [-0.15, -0.1) is 0 Å². The second kappa shape index (κ2) is 7.91. The molecule has 1 unspecified atom stereocenters. The fraction of sp³-hybridized carbons (Fsp3) is 0.294. The van der Waals surface area contributed by atoms with Gasteiger partial charge in [0.2, 0.25) is 0 Å². The van der Waals surface area contributed by atoms with Crippen molar-refractivity contribution in [3.8, 4) is 5.75 Å². The second-order valence-electron chi connectivity index (χ2n) is 4.81. The molecule has 0 aliphatic rings. The molecule has 0 radical (unpaired) electrons. The first kappa shape index (κ1) is 15.7. The third-order valence-electron chi connectivity index (χ3n) is 3.18. The summed E-state index contributed by atoms with van der Waals surface area (Å²) in [6, 6.07) is 15.2. The molecule has 2 aromatic carbocycles. The fourth-order valence-electron chi connectivity index (χ4n) is 2.01. The maximum atomic E-state index is 9.98. The van der Waals surface area contributed by atoms with Gasteiger partial charge in [0, 0.05) is 17.3 Å². The Morgan fingerprint density at radius 3 is 2.57 bits per heavy atom. The number of hydrogen-bond acceptors (Lipinski definition) is 3. The molecule has 0 amide bonds. The predicted octanol–water partition coefficient (Wildman–Crippen LogP) is 3.75. The molecular weight excluding hydrogens is 286 g/mol. The van der Waals surface area contributed by atoms with Crippen molar-refractivity contribution < 1.29 is 9.84 Å². The van der Waals surface area contributed by atoms with Crippen LogP contribution in [0, 0.1) is 0 Å². The van der Waals surface area contributed by atoms with Crippen LogP contribution in [0.1, 0.15) is 12.5 Å². The number of hydrogen-bond donors (Lipinski definition) is 2. The van der Waals surface area contributed by atoms with Crippen LogP contribution in [0.4, 0.5) is 5.69 Å². The molecule has 0 saturated heterocycles. The van der Waals surface area contributed by atoms with E-state index < -0.39 is 6.10 Å². The van der Waals surface area contributed by atoms with E-state index in [0.717, 1.165) is 12.1 Å². The molecule has 112 valence electrons. The van der Waals surface area contributed by atoms with Crippen LogP contribution < -0.4 is 10.1 Å². The van der Waals surface area contributed by atoms with E-state index in [2.05, 4.69) is 18.3 Å². The fourth-order valence-corrected chi connectivity index (χ4v) is 2.14. The van der Waals surface area contributed by atoms with Gasteiger partial charge in [0.25, 0.3) is 0 Å². The Balaban J connectivity index is 1.79. The minimum absolute atomic E-state index is 0.239. The zero-order valence-corrected chi connectivity index (χ0v) is 12.8. The molecule has 0 saturated carbocycles. The maximum Gasteiger partial charge on any atom is 0.119 e. The summed E-state index contributed by atoms with van der Waals surface area (Å²) in [4.78, 5) is 0. The summed E-state index contributed by atoms with van der Waals surface area (Å²) in [6.45, 7) is 2.80. The van der Waals surface area contributed by atoms with E-state index in [4.69, 9.17) is 16.3 Å². The molecule has 1 atom stereocenters. The quantitative estimate of drug-likeness (QED) is 0.818. The number of rotatable bonds is 7. The predicted molar refractivity (Wildman–Crippen MR) is 87.3 cm³/mol. The van der Waals surface area contributed by atoms with Gasteiger partial charge in [0.15, 0.2) is 0 Å². The number of aliphatic hydroxyl groups is 1. The van der Waals surface area contributed by atoms with Crippen LogP contribution in [-0.4, -0.2) is 24.4 Å². The Labute approximate surface area is 130 Å². The first-order valence-electron chi connectivity index (χ1n) is 7.07. The Bertz CT molecular complexity index is 557. The van der Waals surface area contributed by atoms with Gasteiger partial charge in [0.05, 0.1) is 0 Å². The molecule has 3 nitrogen and oxygen atoms in total. The lowest BCUT2D eigenvalue weighted by molar-refractivity contribution is 0.117. The van der Waals surface area contributed by atoms with Gasteiger partial charge in [-0.05, 0) is 42.3 Å². The van der Waals surface area contributed by atoms with Gasteiger partial charge >= 0.3 is 0 Å². The van der Waals surface area contributed by atoms with Gasteiger partial charge in [0.1, 0.15) is 18.5 Å². The number of para-hydroxylation sites is 1. The number of benzene rings is 2. The Morgan fingerprint density at radius 1 is 1.14 bits per heavy atom. The Hall–Kier alpha value is -1.71. The molecular formula is C17H20ClNO2. The van der Waals surface area contributed by atoms with Crippen LogP contribution in [0.25, 0.3) is 0 Å². The van der Waals surface area contributed by atoms with Crippen LogP contribution in [0.5, 0.6) is 5.75 Å². The molecule has 0 aromatic heterocycles. The minimum atomic E-state index is -0.578. The largest absolute Gasteiger partial charge is 0.491 e. The van der Waals surface area contributed by atoms with Crippen molar-refractivity contribution in [1.82, 2.24) is 0 Å². The zero-order valence-electron chi connectivity index (χ0n) is 12.1. The summed E-state index contributed by atoms with van der Waals surface area (Å²) in [5.41, 5.74) is 2.30. The molecule has 0 bridgehead atoms.